The molecule has 2 saturated carbocycles. The minimum atomic E-state index is -2.26. The average molecular weight is 490 g/mol. The molecular weight excluding hydrogens is 457 g/mol. The molecule has 1 amide bonds. The van der Waals surface area contributed by atoms with Crippen molar-refractivity contribution >= 4 is 12.1 Å². The highest BCUT2D eigenvalue weighted by Crippen LogP contribution is 2.35. The predicted molar refractivity (Wildman–Crippen MR) is 124 cm³/mol. The molecule has 0 saturated heterocycles. The molecule has 2 aromatic heterocycles. The maximum atomic E-state index is 14.6. The van der Waals surface area contributed by atoms with Gasteiger partial charge in [0.2, 0.25) is 5.67 Å². The molecule has 0 aliphatic heterocycles. The highest BCUT2D eigenvalue weighted by atomic mass is 19.1. The van der Waals surface area contributed by atoms with Crippen molar-refractivity contribution in [1.82, 2.24) is 24.9 Å². The number of halogens is 1. The van der Waals surface area contributed by atoms with Crippen LogP contribution in [0.25, 0.3) is 11.4 Å². The standard InChI is InChI=1S/C24H32FN5O5/c1-15-20(35-17-9-6-12-24(25,13-17)22(31)32)11-10-18(26-15)21-19(30(3)28-27-21)14-34-23(33)29(2)16-7-4-5-8-16/h10-11,16-17H,4-9,12-14H2,1-3H3,(H,31,32)/t17-,24+/m1/s1. The summed E-state index contributed by atoms with van der Waals surface area (Å²) in [5.74, 6) is -0.982. The fourth-order valence-electron chi connectivity index (χ4n) is 4.86. The van der Waals surface area contributed by atoms with Crippen LogP contribution in [-0.4, -0.2) is 66.9 Å². The second-order valence-corrected chi connectivity index (χ2v) is 9.50. The second-order valence-electron chi connectivity index (χ2n) is 9.50. The molecule has 2 fully saturated rings. The van der Waals surface area contributed by atoms with E-state index < -0.39 is 17.7 Å². The van der Waals surface area contributed by atoms with Crippen molar-refractivity contribution in [1.29, 1.82) is 0 Å². The van der Waals surface area contributed by atoms with Crippen LogP contribution in [0.5, 0.6) is 5.75 Å². The molecule has 0 spiro atoms. The van der Waals surface area contributed by atoms with Gasteiger partial charge in [0.25, 0.3) is 0 Å². The Labute approximate surface area is 203 Å². The van der Waals surface area contributed by atoms with Crippen molar-refractivity contribution in [2.24, 2.45) is 7.05 Å². The maximum Gasteiger partial charge on any atom is 0.410 e. The van der Waals surface area contributed by atoms with Crippen LogP contribution in [0, 0.1) is 6.92 Å². The number of pyridine rings is 1. The Morgan fingerprint density at radius 1 is 1.26 bits per heavy atom. The van der Waals surface area contributed by atoms with E-state index in [0.29, 0.717) is 41.4 Å². The number of amides is 1. The van der Waals surface area contributed by atoms with Gasteiger partial charge in [-0.3, -0.25) is 0 Å². The molecule has 1 N–H and O–H groups in total. The summed E-state index contributed by atoms with van der Waals surface area (Å²) in [4.78, 5) is 30.0. The highest BCUT2D eigenvalue weighted by Gasteiger charge is 2.44. The van der Waals surface area contributed by atoms with Crippen molar-refractivity contribution < 1.29 is 28.6 Å². The van der Waals surface area contributed by atoms with Crippen molar-refractivity contribution in [3.05, 3.63) is 23.5 Å². The van der Waals surface area contributed by atoms with Crippen LogP contribution in [-0.2, 0) is 23.2 Å². The number of aromatic nitrogens is 4. The van der Waals surface area contributed by atoms with Crippen molar-refractivity contribution in [3.8, 4) is 17.1 Å². The number of hydrogen-bond donors (Lipinski definition) is 1. The number of alkyl halides is 1. The van der Waals surface area contributed by atoms with E-state index in [4.69, 9.17) is 9.47 Å². The van der Waals surface area contributed by atoms with Crippen LogP contribution >= 0.6 is 0 Å². The van der Waals surface area contributed by atoms with Gasteiger partial charge < -0.3 is 19.5 Å². The average Bonchev–Trinajstić information content (AvgIpc) is 3.48. The maximum absolute atomic E-state index is 14.6. The fourth-order valence-corrected chi connectivity index (χ4v) is 4.86. The van der Waals surface area contributed by atoms with Crippen LogP contribution < -0.4 is 4.74 Å². The van der Waals surface area contributed by atoms with E-state index in [2.05, 4.69) is 15.3 Å². The van der Waals surface area contributed by atoms with E-state index in [9.17, 15) is 19.1 Å². The quantitative estimate of drug-likeness (QED) is 0.624. The van der Waals surface area contributed by atoms with Gasteiger partial charge in [-0.05, 0) is 51.2 Å². The normalized spacial score (nSPS) is 22.7. The van der Waals surface area contributed by atoms with Gasteiger partial charge in [0, 0.05) is 26.6 Å². The summed E-state index contributed by atoms with van der Waals surface area (Å²) in [5, 5.41) is 17.5. The second kappa shape index (κ2) is 10.2. The molecule has 35 heavy (non-hydrogen) atoms. The highest BCUT2D eigenvalue weighted by molar-refractivity contribution is 5.77. The minimum Gasteiger partial charge on any atom is -0.488 e. The van der Waals surface area contributed by atoms with Gasteiger partial charge in [0.15, 0.2) is 0 Å². The molecular formula is C24H32FN5O5. The Morgan fingerprint density at radius 2 is 2.00 bits per heavy atom. The van der Waals surface area contributed by atoms with E-state index in [0.717, 1.165) is 25.7 Å². The number of carboxylic acids is 1. The molecule has 2 atom stereocenters. The summed E-state index contributed by atoms with van der Waals surface area (Å²) >= 11 is 0. The molecule has 0 radical (unpaired) electrons. The summed E-state index contributed by atoms with van der Waals surface area (Å²) in [6, 6.07) is 3.64. The molecule has 0 bridgehead atoms. The summed E-state index contributed by atoms with van der Waals surface area (Å²) in [7, 11) is 3.49. The summed E-state index contributed by atoms with van der Waals surface area (Å²) in [5.41, 5.74) is -0.0730. The zero-order valence-electron chi connectivity index (χ0n) is 20.4. The van der Waals surface area contributed by atoms with Gasteiger partial charge in [0.05, 0.1) is 11.4 Å². The number of ether oxygens (including phenoxy) is 2. The number of hydrogen-bond acceptors (Lipinski definition) is 7. The number of aliphatic carboxylic acids is 1. The number of nitrogens with zero attached hydrogens (tertiary/aromatic N) is 5. The van der Waals surface area contributed by atoms with Crippen molar-refractivity contribution in [2.75, 3.05) is 7.05 Å². The molecule has 4 rings (SSSR count). The zero-order valence-corrected chi connectivity index (χ0v) is 20.4. The Hall–Kier alpha value is -3.24. The third-order valence-electron chi connectivity index (χ3n) is 7.04. The van der Waals surface area contributed by atoms with Gasteiger partial charge >= 0.3 is 12.1 Å². The minimum absolute atomic E-state index is 0.00352. The van der Waals surface area contributed by atoms with Crippen LogP contribution in [0.2, 0.25) is 0 Å². The van der Waals surface area contributed by atoms with Gasteiger partial charge in [-0.2, -0.15) is 0 Å². The molecule has 11 heteroatoms. The number of carboxylic acid groups (broad SMARTS) is 1. The van der Waals surface area contributed by atoms with Gasteiger partial charge in [0.1, 0.15) is 29.8 Å². The molecule has 190 valence electrons. The lowest BCUT2D eigenvalue weighted by molar-refractivity contribution is -0.155. The summed E-state index contributed by atoms with van der Waals surface area (Å²) in [6.07, 6.45) is 4.12. The van der Waals surface area contributed by atoms with Crippen LogP contribution in [0.3, 0.4) is 0 Å². The largest absolute Gasteiger partial charge is 0.488 e. The number of aryl methyl sites for hydroxylation is 2. The first-order valence-electron chi connectivity index (χ1n) is 12.0. The Kier molecular flexibility index (Phi) is 7.23. The molecule has 0 aromatic carbocycles. The first kappa shape index (κ1) is 24.9. The molecule has 2 aliphatic rings. The van der Waals surface area contributed by atoms with Gasteiger partial charge in [-0.15, -0.1) is 5.10 Å². The molecule has 2 aromatic rings. The fraction of sp³-hybridized carbons (Fsp3) is 0.625. The Balaban J connectivity index is 1.44. The third kappa shape index (κ3) is 5.38. The first-order chi connectivity index (χ1) is 16.7. The summed E-state index contributed by atoms with van der Waals surface area (Å²) < 4.78 is 27.6. The first-order valence-corrected chi connectivity index (χ1v) is 12.0. The van der Waals surface area contributed by atoms with E-state index in [1.165, 1.54) is 0 Å². The predicted octanol–water partition coefficient (Wildman–Crippen LogP) is 3.81. The monoisotopic (exact) mass is 489 g/mol. The lowest BCUT2D eigenvalue weighted by Crippen LogP contribution is -2.42. The number of rotatable bonds is 7. The molecule has 2 aliphatic carbocycles. The number of carbonyl (C=O) groups is 2. The van der Waals surface area contributed by atoms with E-state index in [-0.39, 0.29) is 31.6 Å². The Bertz CT molecular complexity index is 1090. The zero-order chi connectivity index (χ0) is 25.2. The van der Waals surface area contributed by atoms with Crippen LogP contribution in [0.1, 0.15) is 62.8 Å². The molecule has 10 nitrogen and oxygen atoms in total. The number of carbonyl (C=O) groups excluding carboxylic acids is 1. The van der Waals surface area contributed by atoms with Gasteiger partial charge in [-0.1, -0.05) is 18.1 Å². The van der Waals surface area contributed by atoms with Crippen molar-refractivity contribution in [3.63, 3.8) is 0 Å². The van der Waals surface area contributed by atoms with Gasteiger partial charge in [-0.25, -0.2) is 23.6 Å². The van der Waals surface area contributed by atoms with Crippen LogP contribution in [0.15, 0.2) is 12.1 Å². The van der Waals surface area contributed by atoms with Crippen molar-refractivity contribution in [2.45, 2.75) is 82.7 Å². The topological polar surface area (TPSA) is 120 Å². The molecule has 0 unspecified atom stereocenters. The lowest BCUT2D eigenvalue weighted by Gasteiger charge is -2.32. The molecule has 2 heterocycles. The SMILES string of the molecule is Cc1nc(-c2nnn(C)c2COC(=O)N(C)C2CCCC2)ccc1O[C@@H]1CCC[C@@](F)(C(=O)O)C1. The van der Waals surface area contributed by atoms with Crippen LogP contribution in [0.4, 0.5) is 9.18 Å². The summed E-state index contributed by atoms with van der Waals surface area (Å²) in [6.45, 7) is 1.76. The van der Waals surface area contributed by atoms with E-state index >= 15 is 0 Å². The third-order valence-corrected chi connectivity index (χ3v) is 7.04. The smallest absolute Gasteiger partial charge is 0.410 e. The van der Waals surface area contributed by atoms with E-state index in [1.807, 2.05) is 0 Å². The Morgan fingerprint density at radius 3 is 2.69 bits per heavy atom. The van der Waals surface area contributed by atoms with E-state index in [1.54, 1.807) is 42.7 Å². The lowest BCUT2D eigenvalue weighted by atomic mass is 9.84.